The Labute approximate surface area is 165 Å². The molecule has 144 valence electrons. The zero-order valence-corrected chi connectivity index (χ0v) is 16.9. The highest BCUT2D eigenvalue weighted by atomic mass is 32.1. The lowest BCUT2D eigenvalue weighted by molar-refractivity contribution is 0.0629. The second-order valence-corrected chi connectivity index (χ2v) is 9.74. The molecule has 6 heteroatoms. The van der Waals surface area contributed by atoms with Crippen LogP contribution < -0.4 is 0 Å². The van der Waals surface area contributed by atoms with Crippen molar-refractivity contribution < 1.29 is 4.79 Å². The summed E-state index contributed by atoms with van der Waals surface area (Å²) in [5.74, 6) is 0.902. The number of fused-ring (bicyclic) bond motifs is 2. The van der Waals surface area contributed by atoms with E-state index >= 15 is 0 Å². The summed E-state index contributed by atoms with van der Waals surface area (Å²) >= 11 is 1.84. The van der Waals surface area contributed by atoms with Crippen molar-refractivity contribution in [3.63, 3.8) is 0 Å². The van der Waals surface area contributed by atoms with Gasteiger partial charge in [0, 0.05) is 43.2 Å². The molecule has 1 amide bonds. The quantitative estimate of drug-likeness (QED) is 0.812. The average molecular weight is 385 g/mol. The molecule has 5 nitrogen and oxygen atoms in total. The molecule has 0 unspecified atom stereocenters. The first kappa shape index (κ1) is 17.4. The first-order chi connectivity index (χ1) is 13.1. The monoisotopic (exact) mass is 384 g/mol. The zero-order valence-electron chi connectivity index (χ0n) is 16.1. The standard InChI is InChI=1S/C21H28N4OS/c1-23-15-21(7-9-24(10-8-21)13-17-6-3-11-27-17)19-18(20(23)26)14-25(22-19)12-16-4-2-5-16/h3,6,11,14,16H,2,4-5,7-10,12-13,15H2,1H3. The topological polar surface area (TPSA) is 41.4 Å². The van der Waals surface area contributed by atoms with E-state index in [1.807, 2.05) is 29.5 Å². The molecule has 1 spiro atoms. The van der Waals surface area contributed by atoms with Gasteiger partial charge < -0.3 is 4.90 Å². The van der Waals surface area contributed by atoms with Crippen molar-refractivity contribution >= 4 is 17.2 Å². The number of piperidine rings is 1. The molecular formula is C21H28N4OS. The molecule has 2 aromatic heterocycles. The Balaban J connectivity index is 1.36. The molecule has 0 aromatic carbocycles. The van der Waals surface area contributed by atoms with Gasteiger partial charge in [-0.2, -0.15) is 5.10 Å². The van der Waals surface area contributed by atoms with Gasteiger partial charge in [0.15, 0.2) is 0 Å². The third-order valence-electron chi connectivity index (χ3n) is 6.82. The van der Waals surface area contributed by atoms with Crippen LogP contribution in [0, 0.1) is 5.92 Å². The smallest absolute Gasteiger partial charge is 0.257 e. The molecule has 0 atom stereocenters. The molecule has 2 fully saturated rings. The van der Waals surface area contributed by atoms with Crippen LogP contribution in [-0.4, -0.2) is 52.2 Å². The van der Waals surface area contributed by atoms with Gasteiger partial charge in [0.25, 0.3) is 5.91 Å². The maximum Gasteiger partial charge on any atom is 0.257 e. The average Bonchev–Trinajstić information content (AvgIpc) is 3.28. The molecule has 1 aliphatic carbocycles. The van der Waals surface area contributed by atoms with Crippen LogP contribution in [0.25, 0.3) is 0 Å². The van der Waals surface area contributed by atoms with Crippen molar-refractivity contribution in [3.8, 4) is 0 Å². The molecule has 27 heavy (non-hydrogen) atoms. The summed E-state index contributed by atoms with van der Waals surface area (Å²) < 4.78 is 2.07. The van der Waals surface area contributed by atoms with E-state index in [0.29, 0.717) is 0 Å². The van der Waals surface area contributed by atoms with Crippen molar-refractivity contribution in [2.75, 3.05) is 26.7 Å². The fourth-order valence-corrected chi connectivity index (χ4v) is 5.71. The highest BCUT2D eigenvalue weighted by Crippen LogP contribution is 2.41. The van der Waals surface area contributed by atoms with E-state index in [1.165, 1.54) is 24.1 Å². The van der Waals surface area contributed by atoms with Crippen LogP contribution in [0.2, 0.25) is 0 Å². The van der Waals surface area contributed by atoms with Gasteiger partial charge in [-0.05, 0) is 56.1 Å². The van der Waals surface area contributed by atoms with Crippen LogP contribution in [0.5, 0.6) is 0 Å². The van der Waals surface area contributed by atoms with Gasteiger partial charge in [-0.1, -0.05) is 12.5 Å². The second kappa shape index (κ2) is 6.74. The van der Waals surface area contributed by atoms with E-state index in [2.05, 4.69) is 27.1 Å². The molecule has 0 N–H and O–H groups in total. The first-order valence-electron chi connectivity index (χ1n) is 10.2. The number of hydrogen-bond donors (Lipinski definition) is 0. The molecule has 2 aromatic rings. The number of nitrogens with zero attached hydrogens (tertiary/aromatic N) is 4. The van der Waals surface area contributed by atoms with Gasteiger partial charge in [0.1, 0.15) is 0 Å². The van der Waals surface area contributed by atoms with Crippen LogP contribution in [0.4, 0.5) is 0 Å². The summed E-state index contributed by atoms with van der Waals surface area (Å²) in [6.07, 6.45) is 8.16. The third-order valence-corrected chi connectivity index (χ3v) is 7.68. The van der Waals surface area contributed by atoms with Gasteiger partial charge in [0.2, 0.25) is 0 Å². The fourth-order valence-electron chi connectivity index (χ4n) is 4.97. The number of aromatic nitrogens is 2. The molecule has 5 rings (SSSR count). The van der Waals surface area contributed by atoms with E-state index in [9.17, 15) is 4.79 Å². The maximum atomic E-state index is 12.8. The number of thiophene rings is 1. The minimum absolute atomic E-state index is 0.0365. The fraction of sp³-hybridized carbons (Fsp3) is 0.619. The van der Waals surface area contributed by atoms with Crippen LogP contribution in [0.3, 0.4) is 0 Å². The number of amides is 1. The summed E-state index contributed by atoms with van der Waals surface area (Å²) in [5, 5.41) is 7.14. The van der Waals surface area contributed by atoms with E-state index in [4.69, 9.17) is 5.10 Å². The molecule has 2 aliphatic heterocycles. The molecular weight excluding hydrogens is 356 g/mol. The van der Waals surface area contributed by atoms with E-state index in [1.54, 1.807) is 0 Å². The summed E-state index contributed by atoms with van der Waals surface area (Å²) in [5.41, 5.74) is 1.98. The number of carbonyl (C=O) groups excluding carboxylic acids is 1. The Bertz CT molecular complexity index is 815. The van der Waals surface area contributed by atoms with Gasteiger partial charge in [-0.15, -0.1) is 11.3 Å². The lowest BCUT2D eigenvalue weighted by Gasteiger charge is -2.45. The minimum Gasteiger partial charge on any atom is -0.341 e. The van der Waals surface area contributed by atoms with Crippen LogP contribution in [0.1, 0.15) is 53.0 Å². The molecule has 1 saturated carbocycles. The Kier molecular flexibility index (Phi) is 4.36. The second-order valence-electron chi connectivity index (χ2n) is 8.71. The molecule has 0 radical (unpaired) electrons. The lowest BCUT2D eigenvalue weighted by atomic mass is 9.72. The maximum absolute atomic E-state index is 12.8. The van der Waals surface area contributed by atoms with Crippen molar-refractivity contribution in [1.29, 1.82) is 0 Å². The molecule has 3 aliphatic rings. The van der Waals surface area contributed by atoms with Gasteiger partial charge >= 0.3 is 0 Å². The number of hydrogen-bond acceptors (Lipinski definition) is 4. The van der Waals surface area contributed by atoms with E-state index in [-0.39, 0.29) is 11.3 Å². The Morgan fingerprint density at radius 1 is 1.30 bits per heavy atom. The van der Waals surface area contributed by atoms with Gasteiger partial charge in [0.05, 0.1) is 11.3 Å². The summed E-state index contributed by atoms with van der Waals surface area (Å²) in [7, 11) is 1.95. The predicted molar refractivity (Wildman–Crippen MR) is 107 cm³/mol. The number of rotatable bonds is 4. The SMILES string of the molecule is CN1CC2(CCN(Cc3cccs3)CC2)c2nn(CC3CCC3)cc2C1=O. The lowest BCUT2D eigenvalue weighted by Crippen LogP contribution is -2.53. The van der Waals surface area contributed by atoms with Crippen molar-refractivity contribution in [2.24, 2.45) is 5.92 Å². The third kappa shape index (κ3) is 3.13. The Morgan fingerprint density at radius 3 is 2.78 bits per heavy atom. The Morgan fingerprint density at radius 2 is 2.11 bits per heavy atom. The molecule has 1 saturated heterocycles. The summed E-state index contributed by atoms with van der Waals surface area (Å²) in [6, 6.07) is 4.36. The van der Waals surface area contributed by atoms with Gasteiger partial charge in [-0.25, -0.2) is 0 Å². The van der Waals surface area contributed by atoms with Crippen LogP contribution in [-0.2, 0) is 18.5 Å². The van der Waals surface area contributed by atoms with Crippen molar-refractivity contribution in [3.05, 3.63) is 39.8 Å². The largest absolute Gasteiger partial charge is 0.341 e. The zero-order chi connectivity index (χ0) is 18.4. The van der Waals surface area contributed by atoms with Crippen LogP contribution in [0.15, 0.2) is 23.7 Å². The molecule has 0 bridgehead atoms. The number of likely N-dealkylation sites (tertiary alicyclic amines) is 1. The van der Waals surface area contributed by atoms with Gasteiger partial charge in [-0.3, -0.25) is 14.4 Å². The Hall–Kier alpha value is -1.66. The van der Waals surface area contributed by atoms with Crippen molar-refractivity contribution in [2.45, 2.75) is 50.6 Å². The van der Waals surface area contributed by atoms with E-state index in [0.717, 1.165) is 62.7 Å². The number of likely N-dealkylation sites (N-methyl/N-ethyl adjacent to an activating group) is 1. The highest BCUT2D eigenvalue weighted by molar-refractivity contribution is 7.09. The first-order valence-corrected chi connectivity index (χ1v) is 11.1. The van der Waals surface area contributed by atoms with Crippen LogP contribution >= 0.6 is 11.3 Å². The normalized spacial score (nSPS) is 22.9. The predicted octanol–water partition coefficient (Wildman–Crippen LogP) is 3.36. The highest BCUT2D eigenvalue weighted by Gasteiger charge is 2.46. The van der Waals surface area contributed by atoms with Crippen molar-refractivity contribution in [1.82, 2.24) is 19.6 Å². The molecule has 4 heterocycles. The van der Waals surface area contributed by atoms with E-state index < -0.39 is 0 Å². The minimum atomic E-state index is 0.0365. The summed E-state index contributed by atoms with van der Waals surface area (Å²) in [6.45, 7) is 4.99. The number of carbonyl (C=O) groups is 1. The summed E-state index contributed by atoms with van der Waals surface area (Å²) in [4.78, 5) is 18.7.